The molecule has 0 amide bonds. The van der Waals surface area contributed by atoms with E-state index < -0.39 is 27.3 Å². The lowest BCUT2D eigenvalue weighted by atomic mass is 10.1. The minimum atomic E-state index is -3.28. The van der Waals surface area contributed by atoms with Crippen LogP contribution < -0.4 is 10.6 Å². The monoisotopic (exact) mass is 427 g/mol. The van der Waals surface area contributed by atoms with Gasteiger partial charge in [-0.3, -0.25) is 0 Å². The number of hydrogen-bond donors (Lipinski definition) is 2. The van der Waals surface area contributed by atoms with E-state index in [1.165, 1.54) is 30.3 Å². The Balaban J connectivity index is 2.09. The van der Waals surface area contributed by atoms with Gasteiger partial charge in [0.15, 0.2) is 27.4 Å². The fraction of sp³-hybridized carbons (Fsp3) is 0.350. The number of guanidine groups is 1. The van der Waals surface area contributed by atoms with Crippen LogP contribution in [0, 0.1) is 17.5 Å². The fourth-order valence-corrected chi connectivity index (χ4v) is 3.57. The summed E-state index contributed by atoms with van der Waals surface area (Å²) in [6.45, 7) is 2.78. The van der Waals surface area contributed by atoms with Crippen LogP contribution in [0.1, 0.15) is 23.6 Å². The summed E-state index contributed by atoms with van der Waals surface area (Å²) in [5, 5.41) is 6.01. The van der Waals surface area contributed by atoms with Crippen LogP contribution in [-0.4, -0.2) is 33.7 Å². The van der Waals surface area contributed by atoms with E-state index in [0.717, 1.165) is 12.3 Å². The average Bonchev–Trinajstić information content (AvgIpc) is 2.64. The predicted octanol–water partition coefficient (Wildman–Crippen LogP) is 2.95. The molecule has 0 saturated carbocycles. The molecule has 158 valence electrons. The molecule has 0 fully saturated rings. The first-order valence-electron chi connectivity index (χ1n) is 9.09. The number of nitrogens with zero attached hydrogens (tertiary/aromatic N) is 1. The Morgan fingerprint density at radius 2 is 1.79 bits per heavy atom. The first kappa shape index (κ1) is 22.7. The summed E-state index contributed by atoms with van der Waals surface area (Å²) in [5.74, 6) is -2.05. The molecule has 2 aromatic carbocycles. The molecule has 0 unspecified atom stereocenters. The first-order valence-corrected chi connectivity index (χ1v) is 11.2. The summed E-state index contributed by atoms with van der Waals surface area (Å²) >= 11 is 0. The number of sulfone groups is 1. The van der Waals surface area contributed by atoms with Crippen molar-refractivity contribution in [1.29, 1.82) is 0 Å². The van der Waals surface area contributed by atoms with Gasteiger partial charge in [0.1, 0.15) is 5.82 Å². The average molecular weight is 427 g/mol. The van der Waals surface area contributed by atoms with E-state index in [1.54, 1.807) is 0 Å². The Morgan fingerprint density at radius 3 is 2.48 bits per heavy atom. The van der Waals surface area contributed by atoms with Crippen molar-refractivity contribution in [3.8, 4) is 0 Å². The van der Waals surface area contributed by atoms with Gasteiger partial charge < -0.3 is 10.6 Å². The Bertz CT molecular complexity index is 979. The van der Waals surface area contributed by atoms with Gasteiger partial charge in [-0.05, 0) is 48.2 Å². The van der Waals surface area contributed by atoms with Crippen LogP contribution in [0.4, 0.5) is 13.2 Å². The molecule has 0 aliphatic carbocycles. The van der Waals surface area contributed by atoms with Crippen molar-refractivity contribution < 1.29 is 21.6 Å². The molecule has 0 heterocycles. The van der Waals surface area contributed by atoms with Crippen LogP contribution in [0.2, 0.25) is 0 Å². The SMILES string of the molecule is CCNC(=NCc1cc(F)ccc1CS(C)(=O)=O)NCCc1cccc(F)c1F. The maximum absolute atomic E-state index is 13.7. The van der Waals surface area contributed by atoms with Gasteiger partial charge in [-0.1, -0.05) is 18.2 Å². The molecule has 5 nitrogen and oxygen atoms in total. The van der Waals surface area contributed by atoms with Gasteiger partial charge in [0, 0.05) is 19.3 Å². The molecule has 2 N–H and O–H groups in total. The Hall–Kier alpha value is -2.55. The molecular weight excluding hydrogens is 403 g/mol. The highest BCUT2D eigenvalue weighted by Gasteiger charge is 2.11. The molecule has 0 aliphatic heterocycles. The summed E-state index contributed by atoms with van der Waals surface area (Å²) in [6.07, 6.45) is 1.36. The fourth-order valence-electron chi connectivity index (χ4n) is 2.73. The number of halogens is 3. The summed E-state index contributed by atoms with van der Waals surface area (Å²) in [7, 11) is -3.28. The second-order valence-corrected chi connectivity index (χ2v) is 8.71. The largest absolute Gasteiger partial charge is 0.357 e. The topological polar surface area (TPSA) is 70.6 Å². The molecular formula is C20H24F3N3O2S. The van der Waals surface area contributed by atoms with Crippen molar-refractivity contribution in [2.45, 2.75) is 25.6 Å². The van der Waals surface area contributed by atoms with Gasteiger partial charge in [-0.15, -0.1) is 0 Å². The highest BCUT2D eigenvalue weighted by Crippen LogP contribution is 2.16. The molecule has 29 heavy (non-hydrogen) atoms. The van der Waals surface area contributed by atoms with Crippen molar-refractivity contribution in [2.24, 2.45) is 4.99 Å². The lowest BCUT2D eigenvalue weighted by Crippen LogP contribution is -2.38. The third-order valence-electron chi connectivity index (χ3n) is 4.06. The van der Waals surface area contributed by atoms with Crippen LogP contribution in [0.5, 0.6) is 0 Å². The zero-order valence-corrected chi connectivity index (χ0v) is 17.1. The molecule has 9 heteroatoms. The van der Waals surface area contributed by atoms with Crippen LogP contribution >= 0.6 is 0 Å². The van der Waals surface area contributed by atoms with E-state index in [4.69, 9.17) is 0 Å². The minimum Gasteiger partial charge on any atom is -0.357 e. The van der Waals surface area contributed by atoms with E-state index >= 15 is 0 Å². The summed E-state index contributed by atoms with van der Waals surface area (Å²) in [4.78, 5) is 4.35. The molecule has 0 spiro atoms. The summed E-state index contributed by atoms with van der Waals surface area (Å²) in [6, 6.07) is 7.92. The quantitative estimate of drug-likeness (QED) is 0.502. The van der Waals surface area contributed by atoms with Crippen LogP contribution in [-0.2, 0) is 28.6 Å². The second kappa shape index (κ2) is 10.3. The third-order valence-corrected chi connectivity index (χ3v) is 4.89. The standard InChI is InChI=1S/C20H24F3N3O2S/c1-3-24-20(25-10-9-14-5-4-6-18(22)19(14)23)26-12-16-11-17(21)8-7-15(16)13-29(2,27)28/h4-8,11H,3,9-10,12-13H2,1-2H3,(H2,24,25,26). The lowest BCUT2D eigenvalue weighted by Gasteiger charge is -2.13. The number of aliphatic imine (C=N–C) groups is 1. The van der Waals surface area contributed by atoms with Crippen LogP contribution in [0.25, 0.3) is 0 Å². The maximum Gasteiger partial charge on any atom is 0.191 e. The number of benzene rings is 2. The van der Waals surface area contributed by atoms with E-state index in [2.05, 4.69) is 15.6 Å². The zero-order valence-electron chi connectivity index (χ0n) is 16.3. The van der Waals surface area contributed by atoms with Gasteiger partial charge in [-0.2, -0.15) is 0 Å². The van der Waals surface area contributed by atoms with Crippen molar-refractivity contribution in [3.63, 3.8) is 0 Å². The van der Waals surface area contributed by atoms with Gasteiger partial charge in [0.25, 0.3) is 0 Å². The lowest BCUT2D eigenvalue weighted by molar-refractivity contribution is 0.498. The van der Waals surface area contributed by atoms with Gasteiger partial charge >= 0.3 is 0 Å². The van der Waals surface area contributed by atoms with Crippen LogP contribution in [0.3, 0.4) is 0 Å². The van der Waals surface area contributed by atoms with Gasteiger partial charge in [0.2, 0.25) is 0 Å². The number of hydrogen-bond acceptors (Lipinski definition) is 3. The summed E-state index contributed by atoms with van der Waals surface area (Å²) < 4.78 is 63.8. The molecule has 0 bridgehead atoms. The predicted molar refractivity (Wildman–Crippen MR) is 108 cm³/mol. The zero-order chi connectivity index (χ0) is 21.4. The van der Waals surface area contributed by atoms with E-state index in [1.807, 2.05) is 6.92 Å². The van der Waals surface area contributed by atoms with Crippen molar-refractivity contribution in [3.05, 3.63) is 70.5 Å². The van der Waals surface area contributed by atoms with Gasteiger partial charge in [0.05, 0.1) is 12.3 Å². The molecule has 0 aliphatic rings. The Labute approximate surface area is 169 Å². The Morgan fingerprint density at radius 1 is 1.03 bits per heavy atom. The number of rotatable bonds is 8. The minimum absolute atomic E-state index is 0.0618. The van der Waals surface area contributed by atoms with E-state index in [-0.39, 0.29) is 24.3 Å². The van der Waals surface area contributed by atoms with Gasteiger partial charge in [-0.25, -0.2) is 26.6 Å². The van der Waals surface area contributed by atoms with E-state index in [0.29, 0.717) is 30.2 Å². The highest BCUT2D eigenvalue weighted by atomic mass is 32.2. The molecule has 0 aromatic heterocycles. The molecule has 0 atom stereocenters. The van der Waals surface area contributed by atoms with Crippen molar-refractivity contribution in [1.82, 2.24) is 10.6 Å². The second-order valence-electron chi connectivity index (χ2n) is 6.57. The normalized spacial score (nSPS) is 12.1. The molecule has 0 saturated heterocycles. The first-order chi connectivity index (χ1) is 13.7. The smallest absolute Gasteiger partial charge is 0.191 e. The maximum atomic E-state index is 13.7. The third kappa shape index (κ3) is 7.41. The highest BCUT2D eigenvalue weighted by molar-refractivity contribution is 7.89. The number of nitrogens with one attached hydrogen (secondary N) is 2. The Kier molecular flexibility index (Phi) is 8.07. The van der Waals surface area contributed by atoms with Crippen LogP contribution in [0.15, 0.2) is 41.4 Å². The van der Waals surface area contributed by atoms with Crippen molar-refractivity contribution in [2.75, 3.05) is 19.3 Å². The van der Waals surface area contributed by atoms with Crippen molar-refractivity contribution >= 4 is 15.8 Å². The molecule has 2 rings (SSSR count). The van der Waals surface area contributed by atoms with E-state index in [9.17, 15) is 21.6 Å². The summed E-state index contributed by atoms with van der Waals surface area (Å²) in [5.41, 5.74) is 1.19. The molecule has 0 radical (unpaired) electrons. The molecule has 2 aromatic rings.